The second-order valence-electron chi connectivity index (χ2n) is 6.14. The molecule has 2 aliphatic heterocycles. The molecule has 3 heterocycles. The number of carbonyl (C=O) groups is 2. The van der Waals surface area contributed by atoms with Crippen molar-refractivity contribution >= 4 is 23.2 Å². The summed E-state index contributed by atoms with van der Waals surface area (Å²) in [6, 6.07) is 7.19. The van der Waals surface area contributed by atoms with Gasteiger partial charge in [0, 0.05) is 13.0 Å². The Morgan fingerprint density at radius 3 is 3.04 bits per heavy atom. The van der Waals surface area contributed by atoms with Crippen LogP contribution >= 0.6 is 11.3 Å². The fraction of sp³-hybridized carbons (Fsp3) is 0.353. The van der Waals surface area contributed by atoms with Gasteiger partial charge in [0.05, 0.1) is 23.3 Å². The van der Waals surface area contributed by atoms with Gasteiger partial charge in [0.1, 0.15) is 10.6 Å². The lowest BCUT2D eigenvalue weighted by Crippen LogP contribution is -2.64. The molecule has 1 atom stereocenters. The van der Waals surface area contributed by atoms with Crippen molar-refractivity contribution < 1.29 is 14.3 Å². The van der Waals surface area contributed by atoms with E-state index in [4.69, 9.17) is 4.74 Å². The summed E-state index contributed by atoms with van der Waals surface area (Å²) in [7, 11) is 0. The van der Waals surface area contributed by atoms with Crippen LogP contribution in [0.4, 0.5) is 0 Å². The summed E-state index contributed by atoms with van der Waals surface area (Å²) in [5, 5.41) is 2.97. The Hall–Kier alpha value is -2.41. The molecular weight excluding hydrogens is 326 g/mol. The third kappa shape index (κ3) is 2.45. The van der Waals surface area contributed by atoms with E-state index in [9.17, 15) is 9.59 Å². The van der Waals surface area contributed by atoms with E-state index in [1.54, 1.807) is 22.5 Å². The van der Waals surface area contributed by atoms with E-state index in [1.165, 1.54) is 11.3 Å². The van der Waals surface area contributed by atoms with Crippen molar-refractivity contribution in [3.05, 3.63) is 45.9 Å². The number of thiazole rings is 1. The van der Waals surface area contributed by atoms with Crippen molar-refractivity contribution in [1.29, 1.82) is 0 Å². The van der Waals surface area contributed by atoms with Gasteiger partial charge in [0.2, 0.25) is 5.72 Å². The SMILES string of the molecule is Cc1ncsc1C(=O)N1CCC[C@@]2(C1)NC(=O)c1ccccc1O2. The first-order valence-corrected chi connectivity index (χ1v) is 8.76. The van der Waals surface area contributed by atoms with E-state index in [0.29, 0.717) is 35.7 Å². The Labute approximate surface area is 143 Å². The highest BCUT2D eigenvalue weighted by Crippen LogP contribution is 2.33. The van der Waals surface area contributed by atoms with Gasteiger partial charge >= 0.3 is 0 Å². The molecule has 1 aromatic carbocycles. The smallest absolute Gasteiger partial charge is 0.266 e. The molecule has 1 N–H and O–H groups in total. The van der Waals surface area contributed by atoms with E-state index >= 15 is 0 Å². The number of amides is 2. The number of nitrogens with zero attached hydrogens (tertiary/aromatic N) is 2. The standard InChI is InChI=1S/C17H17N3O3S/c1-11-14(24-10-18-11)16(22)20-8-4-7-17(9-20)19-15(21)12-5-2-3-6-13(12)23-17/h2-3,5-6,10H,4,7-9H2,1H3,(H,19,21)/t17-/m1/s1. The number of hydrogen-bond donors (Lipinski definition) is 1. The number of aromatic nitrogens is 1. The van der Waals surface area contributed by atoms with Crippen LogP contribution in [0.1, 0.15) is 38.6 Å². The molecule has 4 rings (SSSR count). The Morgan fingerprint density at radius 2 is 2.25 bits per heavy atom. The summed E-state index contributed by atoms with van der Waals surface area (Å²) in [6.07, 6.45) is 1.45. The summed E-state index contributed by atoms with van der Waals surface area (Å²) in [6.45, 7) is 2.82. The Morgan fingerprint density at radius 1 is 1.42 bits per heavy atom. The van der Waals surface area contributed by atoms with Gasteiger partial charge in [-0.05, 0) is 25.5 Å². The molecule has 2 amide bonds. The maximum atomic E-state index is 12.8. The largest absolute Gasteiger partial charge is 0.465 e. The fourth-order valence-electron chi connectivity index (χ4n) is 3.28. The van der Waals surface area contributed by atoms with E-state index < -0.39 is 5.72 Å². The molecule has 6 nitrogen and oxygen atoms in total. The first-order chi connectivity index (χ1) is 11.6. The number of likely N-dealkylation sites (tertiary alicyclic amines) is 1. The Kier molecular flexibility index (Phi) is 3.53. The summed E-state index contributed by atoms with van der Waals surface area (Å²) >= 11 is 1.35. The third-order valence-corrected chi connectivity index (χ3v) is 5.38. The molecule has 1 aromatic heterocycles. The van der Waals surface area contributed by atoms with E-state index in [1.807, 2.05) is 19.1 Å². The minimum atomic E-state index is -0.849. The van der Waals surface area contributed by atoms with Gasteiger partial charge in [0.25, 0.3) is 11.8 Å². The van der Waals surface area contributed by atoms with Crippen LogP contribution in [0.15, 0.2) is 29.8 Å². The van der Waals surface area contributed by atoms with Gasteiger partial charge in [-0.15, -0.1) is 11.3 Å². The van der Waals surface area contributed by atoms with Gasteiger partial charge in [-0.1, -0.05) is 12.1 Å². The summed E-state index contributed by atoms with van der Waals surface area (Å²) in [5.74, 6) is 0.371. The number of piperidine rings is 1. The van der Waals surface area contributed by atoms with Crippen molar-refractivity contribution in [3.63, 3.8) is 0 Å². The monoisotopic (exact) mass is 343 g/mol. The molecule has 0 saturated carbocycles. The topological polar surface area (TPSA) is 71.5 Å². The molecule has 1 spiro atoms. The average molecular weight is 343 g/mol. The first-order valence-electron chi connectivity index (χ1n) is 7.88. The number of para-hydroxylation sites is 1. The molecule has 1 fully saturated rings. The molecule has 0 unspecified atom stereocenters. The van der Waals surface area contributed by atoms with Crippen LogP contribution in [0.2, 0.25) is 0 Å². The highest BCUT2D eigenvalue weighted by molar-refractivity contribution is 7.11. The lowest BCUT2D eigenvalue weighted by atomic mass is 9.97. The van der Waals surface area contributed by atoms with Crippen LogP contribution in [0.5, 0.6) is 5.75 Å². The van der Waals surface area contributed by atoms with Crippen molar-refractivity contribution in [3.8, 4) is 5.75 Å². The van der Waals surface area contributed by atoms with E-state index in [0.717, 1.165) is 12.1 Å². The minimum Gasteiger partial charge on any atom is -0.465 e. The predicted octanol–water partition coefficient (Wildman–Crippen LogP) is 2.21. The number of nitrogens with one attached hydrogen (secondary N) is 1. The van der Waals surface area contributed by atoms with Crippen molar-refractivity contribution in [2.75, 3.05) is 13.1 Å². The van der Waals surface area contributed by atoms with Gasteiger partial charge in [-0.2, -0.15) is 0 Å². The van der Waals surface area contributed by atoms with E-state index in [-0.39, 0.29) is 11.8 Å². The molecule has 7 heteroatoms. The second-order valence-corrected chi connectivity index (χ2v) is 7.00. The first kappa shape index (κ1) is 15.1. The number of rotatable bonds is 1. The van der Waals surface area contributed by atoms with Gasteiger partial charge in [-0.25, -0.2) is 4.98 Å². The number of carbonyl (C=O) groups excluding carboxylic acids is 2. The summed E-state index contributed by atoms with van der Waals surface area (Å²) in [5.41, 5.74) is 2.10. The van der Waals surface area contributed by atoms with Crippen molar-refractivity contribution in [2.24, 2.45) is 0 Å². The molecule has 0 radical (unpaired) electrons. The quantitative estimate of drug-likeness (QED) is 0.862. The van der Waals surface area contributed by atoms with Crippen molar-refractivity contribution in [2.45, 2.75) is 25.5 Å². The van der Waals surface area contributed by atoms with Crippen LogP contribution in [-0.2, 0) is 0 Å². The molecular formula is C17H17N3O3S. The molecule has 0 bridgehead atoms. The van der Waals surface area contributed by atoms with Crippen LogP contribution < -0.4 is 10.1 Å². The predicted molar refractivity (Wildman–Crippen MR) is 89.3 cm³/mol. The maximum Gasteiger partial charge on any atom is 0.266 e. The number of fused-ring (bicyclic) bond motifs is 1. The Balaban J connectivity index is 1.60. The third-order valence-electron chi connectivity index (χ3n) is 4.46. The molecule has 1 saturated heterocycles. The maximum absolute atomic E-state index is 12.8. The fourth-order valence-corrected chi connectivity index (χ4v) is 4.05. The normalized spacial score (nSPS) is 22.7. The average Bonchev–Trinajstić information content (AvgIpc) is 3.00. The molecule has 2 aromatic rings. The van der Waals surface area contributed by atoms with Gasteiger partial charge < -0.3 is 15.0 Å². The number of ether oxygens (including phenoxy) is 1. The van der Waals surface area contributed by atoms with Crippen LogP contribution in [0, 0.1) is 6.92 Å². The molecule has 0 aliphatic carbocycles. The lowest BCUT2D eigenvalue weighted by Gasteiger charge is -2.45. The second kappa shape index (κ2) is 5.59. The zero-order valence-corrected chi connectivity index (χ0v) is 14.1. The lowest BCUT2D eigenvalue weighted by molar-refractivity contribution is -0.0313. The highest BCUT2D eigenvalue weighted by Gasteiger charge is 2.44. The van der Waals surface area contributed by atoms with Gasteiger partial charge in [-0.3, -0.25) is 9.59 Å². The number of hydrogen-bond acceptors (Lipinski definition) is 5. The van der Waals surface area contributed by atoms with Crippen LogP contribution in [0.3, 0.4) is 0 Å². The van der Waals surface area contributed by atoms with Gasteiger partial charge in [0.15, 0.2) is 0 Å². The van der Waals surface area contributed by atoms with E-state index in [2.05, 4.69) is 10.3 Å². The minimum absolute atomic E-state index is 0.0502. The highest BCUT2D eigenvalue weighted by atomic mass is 32.1. The Bertz CT molecular complexity index is 819. The molecule has 2 aliphatic rings. The zero-order valence-electron chi connectivity index (χ0n) is 13.2. The van der Waals surface area contributed by atoms with Crippen LogP contribution in [-0.4, -0.2) is 40.5 Å². The zero-order chi connectivity index (χ0) is 16.7. The molecule has 24 heavy (non-hydrogen) atoms. The molecule has 124 valence electrons. The summed E-state index contributed by atoms with van der Waals surface area (Å²) in [4.78, 5) is 31.7. The summed E-state index contributed by atoms with van der Waals surface area (Å²) < 4.78 is 6.12. The van der Waals surface area contributed by atoms with Crippen molar-refractivity contribution in [1.82, 2.24) is 15.2 Å². The van der Waals surface area contributed by atoms with Crippen LogP contribution in [0.25, 0.3) is 0 Å². The number of benzene rings is 1. The number of aryl methyl sites for hydroxylation is 1.